The maximum Gasteiger partial charge on any atom is 0.254 e. The molecule has 0 aliphatic heterocycles. The van der Waals surface area contributed by atoms with Crippen LogP contribution in [0, 0.1) is 0 Å². The van der Waals surface area contributed by atoms with Crippen molar-refractivity contribution in [3.8, 4) is 5.69 Å². The first-order valence-corrected chi connectivity index (χ1v) is 11.0. The van der Waals surface area contributed by atoms with Crippen LogP contribution in [0.1, 0.15) is 49.6 Å². The number of hydrogen-bond acceptors (Lipinski definition) is 3. The Morgan fingerprint density at radius 1 is 1.03 bits per heavy atom. The largest absolute Gasteiger partial charge is 0.381 e. The number of rotatable bonds is 4. The zero-order valence-corrected chi connectivity index (χ0v) is 18.3. The van der Waals surface area contributed by atoms with Gasteiger partial charge in [0.15, 0.2) is 0 Å². The summed E-state index contributed by atoms with van der Waals surface area (Å²) in [6.45, 7) is 6.93. The summed E-state index contributed by atoms with van der Waals surface area (Å²) in [5.41, 5.74) is 7.07. The second-order valence-electron chi connectivity index (χ2n) is 9.42. The van der Waals surface area contributed by atoms with E-state index >= 15 is 0 Å². The summed E-state index contributed by atoms with van der Waals surface area (Å²) in [6.07, 6.45) is 3.55. The highest BCUT2D eigenvalue weighted by atomic mass is 16.1. The number of hydrogen-bond donors (Lipinski definition) is 2. The molecule has 0 unspecified atom stereocenters. The molecule has 1 aliphatic carbocycles. The Labute approximate surface area is 182 Å². The van der Waals surface area contributed by atoms with Crippen molar-refractivity contribution in [2.75, 3.05) is 5.32 Å². The van der Waals surface area contributed by atoms with Gasteiger partial charge in [0.2, 0.25) is 0 Å². The molecule has 31 heavy (non-hydrogen) atoms. The number of para-hydroxylation sites is 1. The second-order valence-corrected chi connectivity index (χ2v) is 9.42. The van der Waals surface area contributed by atoms with E-state index in [4.69, 9.17) is 5.10 Å². The SMILES string of the molecule is CC(C)(C)c1nn(-c2ccccc2)c2[nH]c(=O)c(CNc3ccc4c(c3)CCC4)cc12. The topological polar surface area (TPSA) is 62.7 Å². The Kier molecular flexibility index (Phi) is 4.69. The molecule has 1 aliphatic rings. The molecule has 2 aromatic carbocycles. The van der Waals surface area contributed by atoms with E-state index in [9.17, 15) is 4.79 Å². The number of aromatic amines is 1. The van der Waals surface area contributed by atoms with Gasteiger partial charge in [-0.1, -0.05) is 45.0 Å². The van der Waals surface area contributed by atoms with E-state index in [0.29, 0.717) is 12.1 Å². The minimum Gasteiger partial charge on any atom is -0.381 e. The van der Waals surface area contributed by atoms with E-state index in [-0.39, 0.29) is 11.0 Å². The van der Waals surface area contributed by atoms with Crippen molar-refractivity contribution in [1.29, 1.82) is 0 Å². The molecule has 0 fully saturated rings. The van der Waals surface area contributed by atoms with Gasteiger partial charge in [-0.05, 0) is 60.7 Å². The summed E-state index contributed by atoms with van der Waals surface area (Å²) in [5.74, 6) is 0. The number of H-pyrrole nitrogens is 1. The highest BCUT2D eigenvalue weighted by Gasteiger charge is 2.24. The average Bonchev–Trinajstić information content (AvgIpc) is 3.36. The van der Waals surface area contributed by atoms with Gasteiger partial charge in [-0.25, -0.2) is 4.68 Å². The van der Waals surface area contributed by atoms with Crippen LogP contribution in [0.5, 0.6) is 0 Å². The molecular weight excluding hydrogens is 384 g/mol. The van der Waals surface area contributed by atoms with Crippen molar-refractivity contribution in [3.63, 3.8) is 0 Å². The van der Waals surface area contributed by atoms with Crippen LogP contribution >= 0.6 is 0 Å². The first-order chi connectivity index (χ1) is 14.9. The van der Waals surface area contributed by atoms with Gasteiger partial charge in [0.1, 0.15) is 5.65 Å². The van der Waals surface area contributed by atoms with Gasteiger partial charge < -0.3 is 10.3 Å². The maximum atomic E-state index is 12.9. The lowest BCUT2D eigenvalue weighted by atomic mass is 9.90. The number of fused-ring (bicyclic) bond motifs is 2. The third-order valence-electron chi connectivity index (χ3n) is 6.06. The molecule has 0 bridgehead atoms. The zero-order chi connectivity index (χ0) is 21.6. The standard InChI is InChI=1S/C26H28N4O/c1-26(2,3)23-22-15-19(16-27-20-13-12-17-8-7-9-18(17)14-20)25(31)28-24(22)30(29-23)21-10-5-4-6-11-21/h4-6,10-15,27H,7-9,16H2,1-3H3,(H,28,31). The third kappa shape index (κ3) is 3.65. The van der Waals surface area contributed by atoms with E-state index in [1.54, 1.807) is 0 Å². The first kappa shape index (κ1) is 19.6. The molecular formula is C26H28N4O. The van der Waals surface area contributed by atoms with Crippen LogP contribution in [0.2, 0.25) is 0 Å². The van der Waals surface area contributed by atoms with Crippen molar-refractivity contribution in [2.24, 2.45) is 0 Å². The van der Waals surface area contributed by atoms with E-state index < -0.39 is 0 Å². The quantitative estimate of drug-likeness (QED) is 0.489. The van der Waals surface area contributed by atoms with Crippen LogP contribution in [-0.2, 0) is 24.8 Å². The molecule has 5 rings (SSSR count). The molecule has 5 heteroatoms. The lowest BCUT2D eigenvalue weighted by molar-refractivity contribution is 0.565. The molecule has 0 saturated carbocycles. The summed E-state index contributed by atoms with van der Waals surface area (Å²) < 4.78 is 1.84. The number of anilines is 1. The van der Waals surface area contributed by atoms with Crippen molar-refractivity contribution < 1.29 is 0 Å². The lowest BCUT2D eigenvalue weighted by Crippen LogP contribution is -2.17. The van der Waals surface area contributed by atoms with E-state index in [1.807, 2.05) is 41.1 Å². The van der Waals surface area contributed by atoms with Gasteiger partial charge in [0, 0.05) is 28.6 Å². The Morgan fingerprint density at radius 2 is 1.81 bits per heavy atom. The van der Waals surface area contributed by atoms with Gasteiger partial charge in [-0.15, -0.1) is 0 Å². The number of nitrogens with zero attached hydrogens (tertiary/aromatic N) is 2. The Morgan fingerprint density at radius 3 is 2.58 bits per heavy atom. The predicted molar refractivity (Wildman–Crippen MR) is 126 cm³/mol. The number of pyridine rings is 1. The summed E-state index contributed by atoms with van der Waals surface area (Å²) >= 11 is 0. The lowest BCUT2D eigenvalue weighted by Gasteiger charge is -2.15. The van der Waals surface area contributed by atoms with Crippen LogP contribution in [0.4, 0.5) is 5.69 Å². The van der Waals surface area contributed by atoms with Crippen LogP contribution in [0.25, 0.3) is 16.7 Å². The normalized spacial score (nSPS) is 13.5. The van der Waals surface area contributed by atoms with Crippen molar-refractivity contribution in [2.45, 2.75) is 52.0 Å². The summed E-state index contributed by atoms with van der Waals surface area (Å²) in [4.78, 5) is 16.0. The van der Waals surface area contributed by atoms with Crippen LogP contribution < -0.4 is 10.9 Å². The molecule has 0 radical (unpaired) electrons. The van der Waals surface area contributed by atoms with E-state index in [2.05, 4.69) is 49.3 Å². The van der Waals surface area contributed by atoms with Crippen molar-refractivity contribution in [3.05, 3.63) is 87.3 Å². The van der Waals surface area contributed by atoms with Gasteiger partial charge in [-0.3, -0.25) is 4.79 Å². The van der Waals surface area contributed by atoms with Crippen LogP contribution in [-0.4, -0.2) is 14.8 Å². The molecule has 0 spiro atoms. The summed E-state index contributed by atoms with van der Waals surface area (Å²) in [6, 6.07) is 18.5. The third-order valence-corrected chi connectivity index (χ3v) is 6.06. The fourth-order valence-electron chi connectivity index (χ4n) is 4.44. The molecule has 158 valence electrons. The highest BCUT2D eigenvalue weighted by molar-refractivity contribution is 5.81. The molecule has 0 saturated heterocycles. The molecule has 2 aromatic heterocycles. The molecule has 2 heterocycles. The van der Waals surface area contributed by atoms with Gasteiger partial charge >= 0.3 is 0 Å². The minimum atomic E-state index is -0.152. The monoisotopic (exact) mass is 412 g/mol. The van der Waals surface area contributed by atoms with Crippen molar-refractivity contribution in [1.82, 2.24) is 14.8 Å². The second kappa shape index (κ2) is 7.41. The first-order valence-electron chi connectivity index (χ1n) is 11.0. The molecule has 4 aromatic rings. The Bertz CT molecular complexity index is 1310. The van der Waals surface area contributed by atoms with Crippen molar-refractivity contribution >= 4 is 16.7 Å². The number of aryl methyl sites for hydroxylation is 2. The van der Waals surface area contributed by atoms with Gasteiger partial charge in [-0.2, -0.15) is 5.10 Å². The van der Waals surface area contributed by atoms with E-state index in [1.165, 1.54) is 24.0 Å². The molecule has 0 amide bonds. The van der Waals surface area contributed by atoms with Gasteiger partial charge in [0.25, 0.3) is 5.56 Å². The maximum absolute atomic E-state index is 12.9. The van der Waals surface area contributed by atoms with E-state index in [0.717, 1.165) is 34.5 Å². The average molecular weight is 413 g/mol. The highest BCUT2D eigenvalue weighted by Crippen LogP contribution is 2.30. The molecule has 2 N–H and O–H groups in total. The van der Waals surface area contributed by atoms with Gasteiger partial charge in [0.05, 0.1) is 11.4 Å². The van der Waals surface area contributed by atoms with Crippen LogP contribution in [0.15, 0.2) is 59.4 Å². The number of benzene rings is 2. The zero-order valence-electron chi connectivity index (χ0n) is 18.3. The number of aromatic nitrogens is 3. The fourth-order valence-corrected chi connectivity index (χ4v) is 4.44. The Balaban J connectivity index is 1.54. The number of nitrogens with one attached hydrogen (secondary N) is 2. The fraction of sp³-hybridized carbons (Fsp3) is 0.308. The minimum absolute atomic E-state index is 0.0845. The van der Waals surface area contributed by atoms with Crippen LogP contribution in [0.3, 0.4) is 0 Å². The summed E-state index contributed by atoms with van der Waals surface area (Å²) in [7, 11) is 0. The predicted octanol–water partition coefficient (Wildman–Crippen LogP) is 5.11. The smallest absolute Gasteiger partial charge is 0.254 e. The Hall–Kier alpha value is -3.34. The molecule has 0 atom stereocenters. The summed E-state index contributed by atoms with van der Waals surface area (Å²) in [5, 5.41) is 9.33. The molecule has 5 nitrogen and oxygen atoms in total.